The summed E-state index contributed by atoms with van der Waals surface area (Å²) in [5.41, 5.74) is 6.89. The van der Waals surface area contributed by atoms with Crippen molar-refractivity contribution in [3.05, 3.63) is 50.5 Å². The molecule has 0 saturated carbocycles. The van der Waals surface area contributed by atoms with Crippen LogP contribution in [0.2, 0.25) is 0 Å². The van der Waals surface area contributed by atoms with Crippen LogP contribution in [0, 0.1) is 6.92 Å². The van der Waals surface area contributed by atoms with E-state index in [2.05, 4.69) is 58.7 Å². The van der Waals surface area contributed by atoms with Crippen LogP contribution in [0.1, 0.15) is 84.4 Å². The molecule has 26 heavy (non-hydrogen) atoms. The smallest absolute Gasteiger partial charge is 0.347 e. The highest BCUT2D eigenvalue weighted by molar-refractivity contribution is 7.14. The lowest BCUT2D eigenvalue weighted by atomic mass is 9.62. The fourth-order valence-corrected chi connectivity index (χ4v) is 4.62. The highest BCUT2D eigenvalue weighted by Crippen LogP contribution is 2.47. The monoisotopic (exact) mass is 369 g/mol. The van der Waals surface area contributed by atoms with Crippen LogP contribution < -0.4 is 0 Å². The Morgan fingerprint density at radius 2 is 1.73 bits per heavy atom. The first-order valence-electron chi connectivity index (χ1n) is 9.05. The van der Waals surface area contributed by atoms with Crippen molar-refractivity contribution in [2.45, 2.75) is 65.2 Å². The molecule has 0 spiro atoms. The molecule has 3 rings (SSSR count). The molecule has 0 saturated heterocycles. The summed E-state index contributed by atoms with van der Waals surface area (Å²) in [6.45, 7) is 13.6. The van der Waals surface area contributed by atoms with Crippen molar-refractivity contribution < 1.29 is 9.90 Å². The Hall–Kier alpha value is -1.94. The van der Waals surface area contributed by atoms with Gasteiger partial charge >= 0.3 is 5.97 Å². The Bertz CT molecular complexity index is 903. The summed E-state index contributed by atoms with van der Waals surface area (Å²) in [6, 6.07) is 4.70. The maximum atomic E-state index is 11.1. The molecule has 1 aromatic heterocycles. The van der Waals surface area contributed by atoms with Gasteiger partial charge in [0.25, 0.3) is 0 Å². The average molecular weight is 370 g/mol. The molecule has 0 atom stereocenters. The Labute approximate surface area is 159 Å². The minimum Gasteiger partial charge on any atom is -0.477 e. The van der Waals surface area contributed by atoms with Gasteiger partial charge in [-0.25, -0.2) is 9.78 Å². The summed E-state index contributed by atoms with van der Waals surface area (Å²) in [7, 11) is 0. The number of carbonyl (C=O) groups is 1. The van der Waals surface area contributed by atoms with Crippen LogP contribution in [0.3, 0.4) is 0 Å². The van der Waals surface area contributed by atoms with Crippen molar-refractivity contribution in [3.8, 4) is 0 Å². The lowest BCUT2D eigenvalue weighted by Crippen LogP contribution is -2.34. The van der Waals surface area contributed by atoms with Crippen LogP contribution >= 0.6 is 11.3 Å². The van der Waals surface area contributed by atoms with Crippen molar-refractivity contribution in [2.75, 3.05) is 0 Å². The van der Waals surface area contributed by atoms with E-state index >= 15 is 0 Å². The second kappa shape index (κ2) is 6.34. The first-order chi connectivity index (χ1) is 12.0. The largest absolute Gasteiger partial charge is 0.477 e. The fourth-order valence-electron chi connectivity index (χ4n) is 3.86. The zero-order valence-corrected chi connectivity index (χ0v) is 17.3. The van der Waals surface area contributed by atoms with E-state index in [0.29, 0.717) is 0 Å². The molecule has 1 aliphatic carbocycles. The number of hydrogen-bond donors (Lipinski definition) is 1. The molecule has 1 aromatic carbocycles. The van der Waals surface area contributed by atoms with Crippen LogP contribution in [-0.4, -0.2) is 16.1 Å². The van der Waals surface area contributed by atoms with E-state index in [1.54, 1.807) is 0 Å². The predicted octanol–water partition coefficient (Wildman–Crippen LogP) is 6.06. The molecule has 0 radical (unpaired) electrons. The standard InChI is InChI=1S/C22H27NO2S/c1-13-9-16-17(22(5,6)8-7-21(16,3)4)11-15(13)14(2)10-19-23-12-18(26-19)20(24)25/h9-12H,7-8H2,1-6H3,(H,24,25). The number of benzene rings is 1. The van der Waals surface area contributed by atoms with Crippen LogP contribution in [-0.2, 0) is 10.8 Å². The third-order valence-electron chi connectivity index (χ3n) is 5.70. The minimum absolute atomic E-state index is 0.172. The topological polar surface area (TPSA) is 50.2 Å². The van der Waals surface area contributed by atoms with Gasteiger partial charge in [-0.05, 0) is 71.4 Å². The number of thiazole rings is 1. The first kappa shape index (κ1) is 18.8. The maximum Gasteiger partial charge on any atom is 0.347 e. The number of aromatic nitrogens is 1. The number of fused-ring (bicyclic) bond motifs is 1. The van der Waals surface area contributed by atoms with Gasteiger partial charge in [0.1, 0.15) is 9.88 Å². The molecule has 0 amide bonds. The molecule has 4 heteroatoms. The van der Waals surface area contributed by atoms with Crippen molar-refractivity contribution in [3.63, 3.8) is 0 Å². The molecule has 3 nitrogen and oxygen atoms in total. The van der Waals surface area contributed by atoms with E-state index in [4.69, 9.17) is 5.11 Å². The lowest BCUT2D eigenvalue weighted by Gasteiger charge is -2.42. The van der Waals surface area contributed by atoms with Gasteiger partial charge in [0.05, 0.1) is 6.20 Å². The third-order valence-corrected chi connectivity index (χ3v) is 6.63. The number of carboxylic acid groups (broad SMARTS) is 1. The Morgan fingerprint density at radius 1 is 1.15 bits per heavy atom. The highest BCUT2D eigenvalue weighted by Gasteiger charge is 2.37. The van der Waals surface area contributed by atoms with Crippen molar-refractivity contribution in [1.82, 2.24) is 4.98 Å². The summed E-state index contributed by atoms with van der Waals surface area (Å²) < 4.78 is 0. The number of hydrogen-bond acceptors (Lipinski definition) is 3. The molecule has 1 heterocycles. The number of rotatable bonds is 3. The van der Waals surface area contributed by atoms with Crippen LogP contribution in [0.15, 0.2) is 18.3 Å². The first-order valence-corrected chi connectivity index (χ1v) is 9.86. The zero-order chi connectivity index (χ0) is 19.3. The van der Waals surface area contributed by atoms with Gasteiger partial charge in [-0.3, -0.25) is 0 Å². The molecule has 1 aliphatic rings. The van der Waals surface area contributed by atoms with E-state index in [9.17, 15) is 4.79 Å². The number of aryl methyl sites for hydroxylation is 1. The van der Waals surface area contributed by atoms with Gasteiger partial charge in [0.15, 0.2) is 0 Å². The Balaban J connectivity index is 2.08. The summed E-state index contributed by atoms with van der Waals surface area (Å²) in [4.78, 5) is 15.6. The van der Waals surface area contributed by atoms with E-state index in [-0.39, 0.29) is 15.7 Å². The number of carboxylic acids is 1. The van der Waals surface area contributed by atoms with Gasteiger partial charge in [-0.1, -0.05) is 39.8 Å². The fraction of sp³-hybridized carbons (Fsp3) is 0.455. The van der Waals surface area contributed by atoms with Gasteiger partial charge in [0.2, 0.25) is 0 Å². The molecule has 138 valence electrons. The van der Waals surface area contributed by atoms with E-state index in [1.165, 1.54) is 52.6 Å². The van der Waals surface area contributed by atoms with Crippen molar-refractivity contribution >= 4 is 29.0 Å². The van der Waals surface area contributed by atoms with Gasteiger partial charge < -0.3 is 5.11 Å². The second-order valence-electron chi connectivity index (χ2n) is 8.68. The number of nitrogens with zero attached hydrogens (tertiary/aromatic N) is 1. The Morgan fingerprint density at radius 3 is 2.27 bits per heavy atom. The van der Waals surface area contributed by atoms with E-state index in [0.717, 1.165) is 10.6 Å². The van der Waals surface area contributed by atoms with Gasteiger partial charge in [-0.2, -0.15) is 0 Å². The summed E-state index contributed by atoms with van der Waals surface area (Å²) in [6.07, 6.45) is 5.81. The van der Waals surface area contributed by atoms with Crippen LogP contribution in [0.5, 0.6) is 0 Å². The maximum absolute atomic E-state index is 11.1. The minimum atomic E-state index is -0.922. The van der Waals surface area contributed by atoms with E-state index < -0.39 is 5.97 Å². The summed E-state index contributed by atoms with van der Waals surface area (Å²) in [5.74, 6) is -0.922. The van der Waals surface area contributed by atoms with Gasteiger partial charge in [-0.15, -0.1) is 11.3 Å². The van der Waals surface area contributed by atoms with Crippen molar-refractivity contribution in [1.29, 1.82) is 0 Å². The highest BCUT2D eigenvalue weighted by atomic mass is 32.1. The second-order valence-corrected chi connectivity index (χ2v) is 9.74. The molecular formula is C22H27NO2S. The van der Waals surface area contributed by atoms with Crippen LogP contribution in [0.25, 0.3) is 11.6 Å². The average Bonchev–Trinajstić information content (AvgIpc) is 3.00. The Kier molecular flexibility index (Phi) is 4.60. The molecular weight excluding hydrogens is 342 g/mol. The molecule has 1 N–H and O–H groups in total. The zero-order valence-electron chi connectivity index (χ0n) is 16.4. The molecule has 0 aliphatic heterocycles. The number of aromatic carboxylic acids is 1. The number of allylic oxidation sites excluding steroid dienone is 1. The summed E-state index contributed by atoms with van der Waals surface area (Å²) >= 11 is 1.21. The SMILES string of the molecule is CC(=Cc1ncc(C(=O)O)s1)c1cc2c(cc1C)C(C)(C)CCC2(C)C. The predicted molar refractivity (Wildman–Crippen MR) is 109 cm³/mol. The third kappa shape index (κ3) is 3.35. The molecule has 0 fully saturated rings. The van der Waals surface area contributed by atoms with Gasteiger partial charge in [0, 0.05) is 0 Å². The lowest BCUT2D eigenvalue weighted by molar-refractivity contribution is 0.0702. The molecule has 0 bridgehead atoms. The quantitative estimate of drug-likeness (QED) is 0.715. The summed E-state index contributed by atoms with van der Waals surface area (Å²) in [5, 5.41) is 9.82. The van der Waals surface area contributed by atoms with Crippen LogP contribution in [0.4, 0.5) is 0 Å². The normalized spacial score (nSPS) is 18.5. The van der Waals surface area contributed by atoms with Crippen molar-refractivity contribution in [2.24, 2.45) is 0 Å². The molecule has 0 unspecified atom stereocenters. The van der Waals surface area contributed by atoms with E-state index in [1.807, 2.05) is 6.08 Å². The molecule has 2 aromatic rings.